The van der Waals surface area contributed by atoms with Crippen LogP contribution >= 0.6 is 0 Å². The van der Waals surface area contributed by atoms with Crippen molar-refractivity contribution >= 4 is 11.8 Å². The first-order valence-corrected chi connectivity index (χ1v) is 13.8. The predicted octanol–water partition coefficient (Wildman–Crippen LogP) is 3.68. The molecule has 1 fully saturated rings. The van der Waals surface area contributed by atoms with Crippen LogP contribution in [0.1, 0.15) is 17.0 Å². The molecule has 12 heteroatoms. The quantitative estimate of drug-likeness (QED) is 0.266. The third-order valence-electron chi connectivity index (χ3n) is 7.68. The summed E-state index contributed by atoms with van der Waals surface area (Å²) in [4.78, 5) is 15.8. The van der Waals surface area contributed by atoms with Crippen molar-refractivity contribution in [2.45, 2.75) is 24.9 Å². The molecular weight excluding hydrogens is 542 g/mol. The van der Waals surface area contributed by atoms with E-state index >= 15 is 0 Å². The molecule has 1 aliphatic heterocycles. The number of aromatic nitrogens is 4. The van der Waals surface area contributed by atoms with E-state index in [9.17, 15) is 13.6 Å². The smallest absolute Gasteiger partial charge is 0.320 e. The number of nitrogens with zero attached hydrogens (tertiary/aromatic N) is 5. The highest BCUT2D eigenvalue weighted by molar-refractivity contribution is 5.91. The summed E-state index contributed by atoms with van der Waals surface area (Å²) in [6.45, 7) is 4.10. The summed E-state index contributed by atoms with van der Waals surface area (Å²) in [5, 5.41) is 18.4. The lowest BCUT2D eigenvalue weighted by molar-refractivity contribution is 0.103. The van der Waals surface area contributed by atoms with Crippen LogP contribution in [0, 0.1) is 18.6 Å². The van der Waals surface area contributed by atoms with Gasteiger partial charge in [-0.05, 0) is 43.8 Å². The van der Waals surface area contributed by atoms with E-state index in [1.54, 1.807) is 28.7 Å². The van der Waals surface area contributed by atoms with Gasteiger partial charge in [0.2, 0.25) is 0 Å². The molecule has 0 bridgehead atoms. The van der Waals surface area contributed by atoms with Crippen LogP contribution in [0.25, 0.3) is 16.9 Å². The Hall–Kier alpha value is -4.13. The number of aryl methyl sites for hydroxylation is 1. The Labute approximate surface area is 243 Å². The fourth-order valence-corrected chi connectivity index (χ4v) is 5.61. The number of hydrogen-bond donors (Lipinski definition) is 3. The van der Waals surface area contributed by atoms with E-state index in [1.807, 2.05) is 57.5 Å². The number of carbonyl (C=O) groups excluding carboxylic acids is 1. The number of urea groups is 1. The van der Waals surface area contributed by atoms with Gasteiger partial charge in [-0.15, -0.1) is 0 Å². The number of halogens is 2. The van der Waals surface area contributed by atoms with Gasteiger partial charge in [0, 0.05) is 63.1 Å². The second-order valence-electron chi connectivity index (χ2n) is 10.6. The van der Waals surface area contributed by atoms with Crippen LogP contribution < -0.4 is 16.0 Å². The number of para-hydroxylation sites is 1. The molecule has 2 aromatic heterocycles. The number of amides is 2. The van der Waals surface area contributed by atoms with Crippen molar-refractivity contribution in [1.29, 1.82) is 0 Å². The number of nitrogens with one attached hydrogen (secondary N) is 3. The lowest BCUT2D eigenvalue weighted by Gasteiger charge is -2.27. The van der Waals surface area contributed by atoms with Crippen molar-refractivity contribution in [3.05, 3.63) is 83.7 Å². The average molecular weight is 579 g/mol. The molecule has 1 saturated heterocycles. The minimum absolute atomic E-state index is 0.0338. The lowest BCUT2D eigenvalue weighted by Crippen LogP contribution is -2.46. The van der Waals surface area contributed by atoms with E-state index < -0.39 is 17.7 Å². The van der Waals surface area contributed by atoms with Gasteiger partial charge in [0.05, 0.1) is 24.5 Å². The molecule has 4 aromatic rings. The molecular formula is C30H36F2N8O2. The van der Waals surface area contributed by atoms with Crippen LogP contribution in [0.3, 0.4) is 0 Å². The first kappa shape index (κ1) is 29.4. The number of carbonyl (C=O) groups is 1. The second kappa shape index (κ2) is 12.8. The summed E-state index contributed by atoms with van der Waals surface area (Å²) in [7, 11) is 5.35. The minimum Gasteiger partial charge on any atom is -0.383 e. The van der Waals surface area contributed by atoms with Crippen LogP contribution in [0.4, 0.5) is 19.4 Å². The molecule has 3 atom stereocenters. The number of likely N-dealkylation sites (N-methyl/N-ethyl adjacent to an activating group) is 1. The van der Waals surface area contributed by atoms with Gasteiger partial charge >= 0.3 is 6.03 Å². The standard InChI is InChI=1S/C30H36F2N8O2/c1-19-28(21-13-34-38(3)15-21)37-40(22-8-6-5-7-9-22)29(19)36-30(41)35-27-17-39(23(14-33-2)18-42-4)16-24(27)20-10-11-25(31)26(32)12-20/h5-13,15,23-24,27,33H,14,16-18H2,1-4H3,(H2,35,36,41)/t23?,24-,27+/m0/s1. The molecule has 0 aliphatic carbocycles. The van der Waals surface area contributed by atoms with Crippen molar-refractivity contribution in [2.24, 2.45) is 7.05 Å². The summed E-state index contributed by atoms with van der Waals surface area (Å²) in [6, 6.07) is 12.7. The predicted molar refractivity (Wildman–Crippen MR) is 157 cm³/mol. The van der Waals surface area contributed by atoms with Gasteiger partial charge in [-0.2, -0.15) is 10.2 Å². The van der Waals surface area contributed by atoms with Gasteiger partial charge in [-0.25, -0.2) is 18.3 Å². The molecule has 2 aromatic carbocycles. The fraction of sp³-hybridized carbons (Fsp3) is 0.367. The Morgan fingerprint density at radius 2 is 1.93 bits per heavy atom. The van der Waals surface area contributed by atoms with Gasteiger partial charge in [0.25, 0.3) is 0 Å². The molecule has 2 amide bonds. The van der Waals surface area contributed by atoms with Gasteiger partial charge in [-0.1, -0.05) is 24.3 Å². The Kier molecular flexibility index (Phi) is 8.95. The topological polar surface area (TPSA) is 101 Å². The Morgan fingerprint density at radius 3 is 2.60 bits per heavy atom. The summed E-state index contributed by atoms with van der Waals surface area (Å²) in [5.41, 5.74) is 3.70. The molecule has 0 saturated carbocycles. The van der Waals surface area contributed by atoms with Gasteiger partial charge < -0.3 is 15.4 Å². The Bertz CT molecular complexity index is 1520. The van der Waals surface area contributed by atoms with Crippen LogP contribution in [0.2, 0.25) is 0 Å². The van der Waals surface area contributed by atoms with Crippen molar-refractivity contribution < 1.29 is 18.3 Å². The highest BCUT2D eigenvalue weighted by atomic mass is 19.2. The van der Waals surface area contributed by atoms with Crippen LogP contribution in [-0.2, 0) is 11.8 Å². The summed E-state index contributed by atoms with van der Waals surface area (Å²) in [6.07, 6.45) is 3.60. The van der Waals surface area contributed by atoms with E-state index in [1.165, 1.54) is 6.07 Å². The maximum atomic E-state index is 14.3. The third-order valence-corrected chi connectivity index (χ3v) is 7.68. The minimum atomic E-state index is -0.914. The normalized spacial score (nSPS) is 17.9. The largest absolute Gasteiger partial charge is 0.383 e. The van der Waals surface area contributed by atoms with Crippen molar-refractivity contribution in [1.82, 2.24) is 35.1 Å². The number of methoxy groups -OCH3 is 1. The van der Waals surface area contributed by atoms with Crippen LogP contribution in [0.15, 0.2) is 60.9 Å². The summed E-state index contributed by atoms with van der Waals surface area (Å²) >= 11 is 0. The third kappa shape index (κ3) is 6.20. The number of benzene rings is 2. The molecule has 1 aliphatic rings. The lowest BCUT2D eigenvalue weighted by atomic mass is 9.94. The number of hydrogen-bond acceptors (Lipinski definition) is 6. The maximum absolute atomic E-state index is 14.3. The first-order chi connectivity index (χ1) is 20.3. The molecule has 0 radical (unpaired) electrons. The van der Waals surface area contributed by atoms with Crippen molar-refractivity contribution in [3.8, 4) is 16.9 Å². The Balaban J connectivity index is 1.44. The summed E-state index contributed by atoms with van der Waals surface area (Å²) < 4.78 is 36.9. The van der Waals surface area contributed by atoms with E-state index in [0.29, 0.717) is 43.3 Å². The van der Waals surface area contributed by atoms with E-state index in [-0.39, 0.29) is 18.0 Å². The van der Waals surface area contributed by atoms with Gasteiger partial charge in [0.15, 0.2) is 11.6 Å². The zero-order valence-corrected chi connectivity index (χ0v) is 24.1. The average Bonchev–Trinajstić information content (AvgIpc) is 3.68. The van der Waals surface area contributed by atoms with Gasteiger partial charge in [-0.3, -0.25) is 14.9 Å². The highest BCUT2D eigenvalue weighted by Gasteiger charge is 2.38. The molecule has 222 valence electrons. The molecule has 1 unspecified atom stereocenters. The van der Waals surface area contributed by atoms with Crippen molar-refractivity contribution in [3.63, 3.8) is 0 Å². The number of rotatable bonds is 10. The van der Waals surface area contributed by atoms with E-state index in [0.717, 1.165) is 22.9 Å². The molecule has 0 spiro atoms. The van der Waals surface area contributed by atoms with Crippen molar-refractivity contribution in [2.75, 3.05) is 45.7 Å². The molecule has 10 nitrogen and oxygen atoms in total. The van der Waals surface area contributed by atoms with Crippen LogP contribution in [0.5, 0.6) is 0 Å². The highest BCUT2D eigenvalue weighted by Crippen LogP contribution is 2.32. The molecule has 42 heavy (non-hydrogen) atoms. The Morgan fingerprint density at radius 1 is 1.14 bits per heavy atom. The zero-order chi connectivity index (χ0) is 29.8. The first-order valence-electron chi connectivity index (χ1n) is 13.8. The molecule has 3 heterocycles. The molecule has 3 N–H and O–H groups in total. The van der Waals surface area contributed by atoms with Gasteiger partial charge in [0.1, 0.15) is 11.5 Å². The number of ether oxygens (including phenoxy) is 1. The van der Waals surface area contributed by atoms with E-state index in [4.69, 9.17) is 9.84 Å². The SMILES string of the molecule is CNCC(COC)N1C[C@@H](NC(=O)Nc2c(C)c(-c3cnn(C)c3)nn2-c2ccccc2)[C@H](c2ccc(F)c(F)c2)C1. The molecule has 5 rings (SSSR count). The number of anilines is 1. The van der Waals surface area contributed by atoms with E-state index in [2.05, 4.69) is 25.9 Å². The zero-order valence-electron chi connectivity index (χ0n) is 24.1. The summed E-state index contributed by atoms with van der Waals surface area (Å²) in [5.74, 6) is -1.57. The maximum Gasteiger partial charge on any atom is 0.320 e. The monoisotopic (exact) mass is 578 g/mol. The fourth-order valence-electron chi connectivity index (χ4n) is 5.61. The second-order valence-corrected chi connectivity index (χ2v) is 10.6. The number of likely N-dealkylation sites (tertiary alicyclic amines) is 1. The van der Waals surface area contributed by atoms with Crippen LogP contribution in [-0.4, -0.2) is 83.0 Å².